The van der Waals surface area contributed by atoms with Gasteiger partial charge in [-0.1, -0.05) is 26.2 Å². The normalized spacial score (nSPS) is 18.2. The van der Waals surface area contributed by atoms with Crippen LogP contribution in [0.3, 0.4) is 0 Å². The van der Waals surface area contributed by atoms with Crippen LogP contribution in [0.5, 0.6) is 0 Å². The van der Waals surface area contributed by atoms with E-state index < -0.39 is 0 Å². The number of rotatable bonds is 5. The molecule has 114 valence electrons. The molecule has 5 heteroatoms. The van der Waals surface area contributed by atoms with Crippen molar-refractivity contribution in [3.05, 3.63) is 18.6 Å². The van der Waals surface area contributed by atoms with Crippen LogP contribution in [-0.4, -0.2) is 45.5 Å². The second-order valence-corrected chi connectivity index (χ2v) is 6.11. The van der Waals surface area contributed by atoms with Crippen molar-refractivity contribution in [2.45, 2.75) is 44.6 Å². The average Bonchev–Trinajstić information content (AvgIpc) is 3.02. The molecule has 21 heavy (non-hydrogen) atoms. The van der Waals surface area contributed by atoms with Crippen LogP contribution in [0.25, 0.3) is 11.0 Å². The zero-order valence-electron chi connectivity index (χ0n) is 13.0. The number of nitrogens with zero attached hydrogens (tertiary/aromatic N) is 3. The molecular weight excluding hydrogens is 262 g/mol. The zero-order chi connectivity index (χ0) is 14.7. The fraction of sp³-hybridized carbons (Fsp3) is 0.625. The lowest BCUT2D eigenvalue weighted by Crippen LogP contribution is -2.52. The summed E-state index contributed by atoms with van der Waals surface area (Å²) >= 11 is 0. The average molecular weight is 287 g/mol. The molecule has 0 aliphatic heterocycles. The second-order valence-electron chi connectivity index (χ2n) is 6.11. The molecule has 0 aromatic carbocycles. The van der Waals surface area contributed by atoms with E-state index >= 15 is 0 Å². The van der Waals surface area contributed by atoms with Gasteiger partial charge in [-0.3, -0.25) is 4.90 Å². The van der Waals surface area contributed by atoms with E-state index in [4.69, 9.17) is 0 Å². The van der Waals surface area contributed by atoms with Gasteiger partial charge in [0.1, 0.15) is 11.8 Å². The lowest BCUT2D eigenvalue weighted by molar-refractivity contribution is 0.0923. The van der Waals surface area contributed by atoms with Crippen molar-refractivity contribution in [1.29, 1.82) is 0 Å². The summed E-state index contributed by atoms with van der Waals surface area (Å²) in [6.45, 7) is 4.27. The third kappa shape index (κ3) is 2.75. The Bertz CT molecular complexity index is 585. The van der Waals surface area contributed by atoms with Crippen LogP contribution >= 0.6 is 0 Å². The molecule has 0 amide bonds. The number of anilines is 1. The molecule has 2 heterocycles. The van der Waals surface area contributed by atoms with Crippen LogP contribution in [0.4, 0.5) is 5.82 Å². The van der Waals surface area contributed by atoms with Gasteiger partial charge in [-0.2, -0.15) is 0 Å². The fourth-order valence-electron chi connectivity index (χ4n) is 3.49. The van der Waals surface area contributed by atoms with Crippen molar-refractivity contribution >= 4 is 16.9 Å². The maximum Gasteiger partial charge on any atom is 0.153 e. The van der Waals surface area contributed by atoms with E-state index in [2.05, 4.69) is 39.1 Å². The smallest absolute Gasteiger partial charge is 0.153 e. The van der Waals surface area contributed by atoms with Crippen LogP contribution in [-0.2, 0) is 0 Å². The van der Waals surface area contributed by atoms with Gasteiger partial charge in [0.2, 0.25) is 0 Å². The summed E-state index contributed by atoms with van der Waals surface area (Å²) in [7, 11) is 2.25. The topological polar surface area (TPSA) is 56.8 Å². The molecule has 1 saturated carbocycles. The van der Waals surface area contributed by atoms with Gasteiger partial charge in [0.15, 0.2) is 5.82 Å². The molecular formula is C16H25N5. The van der Waals surface area contributed by atoms with Crippen LogP contribution in [0, 0.1) is 0 Å². The molecule has 2 N–H and O–H groups in total. The zero-order valence-corrected chi connectivity index (χ0v) is 13.0. The molecule has 0 saturated heterocycles. The molecule has 3 rings (SSSR count). The Labute approximate surface area is 126 Å². The van der Waals surface area contributed by atoms with Gasteiger partial charge in [0.25, 0.3) is 0 Å². The summed E-state index contributed by atoms with van der Waals surface area (Å²) < 4.78 is 0. The van der Waals surface area contributed by atoms with Gasteiger partial charge in [0.05, 0.1) is 5.52 Å². The minimum absolute atomic E-state index is 0.261. The minimum atomic E-state index is 0.261. The Kier molecular flexibility index (Phi) is 4.10. The van der Waals surface area contributed by atoms with Crippen molar-refractivity contribution < 1.29 is 0 Å². The van der Waals surface area contributed by atoms with Gasteiger partial charge in [-0.25, -0.2) is 9.97 Å². The Morgan fingerprint density at radius 2 is 2.10 bits per heavy atom. The lowest BCUT2D eigenvalue weighted by Gasteiger charge is -2.44. The van der Waals surface area contributed by atoms with Crippen LogP contribution in [0.2, 0.25) is 0 Å². The first-order chi connectivity index (χ1) is 10.2. The molecule has 2 aromatic rings. The number of fused-ring (bicyclic) bond motifs is 1. The van der Waals surface area contributed by atoms with Crippen LogP contribution in [0.15, 0.2) is 18.6 Å². The highest BCUT2D eigenvalue weighted by Crippen LogP contribution is 2.33. The number of aromatic amines is 1. The third-order valence-corrected chi connectivity index (χ3v) is 5.00. The minimum Gasteiger partial charge on any atom is -0.366 e. The van der Waals surface area contributed by atoms with Crippen molar-refractivity contribution in [3.8, 4) is 0 Å². The summed E-state index contributed by atoms with van der Waals surface area (Å²) in [6, 6.07) is 1.98. The molecule has 2 aromatic heterocycles. The maximum absolute atomic E-state index is 4.41. The summed E-state index contributed by atoms with van der Waals surface area (Å²) in [5, 5.41) is 3.58. The van der Waals surface area contributed by atoms with E-state index in [1.165, 1.54) is 32.1 Å². The van der Waals surface area contributed by atoms with Gasteiger partial charge in [-0.05, 0) is 32.5 Å². The number of H-pyrrole nitrogens is 1. The Hall–Kier alpha value is -1.62. The van der Waals surface area contributed by atoms with E-state index in [9.17, 15) is 0 Å². The standard InChI is InChI=1S/C16H25N5/c1-3-21(2)16(8-5-4-6-9-16)11-18-15-14-13(7-10-17-14)19-12-20-15/h7,10,12,17H,3-6,8-9,11H2,1-2H3,(H,18,19,20). The first kappa shape index (κ1) is 14.3. The van der Waals surface area contributed by atoms with E-state index in [1.807, 2.05) is 12.3 Å². The van der Waals surface area contributed by atoms with E-state index in [1.54, 1.807) is 6.33 Å². The molecule has 0 radical (unpaired) electrons. The van der Waals surface area contributed by atoms with Crippen LogP contribution in [0.1, 0.15) is 39.0 Å². The largest absolute Gasteiger partial charge is 0.366 e. The lowest BCUT2D eigenvalue weighted by atomic mass is 9.80. The molecule has 1 fully saturated rings. The molecule has 0 spiro atoms. The Morgan fingerprint density at radius 1 is 1.29 bits per heavy atom. The third-order valence-electron chi connectivity index (χ3n) is 5.00. The molecule has 1 aliphatic carbocycles. The maximum atomic E-state index is 4.41. The molecule has 0 bridgehead atoms. The summed E-state index contributed by atoms with van der Waals surface area (Å²) in [5.41, 5.74) is 2.23. The van der Waals surface area contributed by atoms with Gasteiger partial charge in [-0.15, -0.1) is 0 Å². The van der Waals surface area contributed by atoms with Crippen LogP contribution < -0.4 is 5.32 Å². The summed E-state index contributed by atoms with van der Waals surface area (Å²) in [6.07, 6.45) is 10.1. The molecule has 1 aliphatic rings. The number of hydrogen-bond acceptors (Lipinski definition) is 4. The first-order valence-corrected chi connectivity index (χ1v) is 7.98. The summed E-state index contributed by atoms with van der Waals surface area (Å²) in [4.78, 5) is 14.4. The van der Waals surface area contributed by atoms with Gasteiger partial charge < -0.3 is 10.3 Å². The number of nitrogens with one attached hydrogen (secondary N) is 2. The highest BCUT2D eigenvalue weighted by molar-refractivity contribution is 5.85. The SMILES string of the molecule is CCN(C)C1(CNc2ncnc3cc[nH]c23)CCCCC1. The number of hydrogen-bond donors (Lipinski definition) is 2. The Morgan fingerprint density at radius 3 is 2.86 bits per heavy atom. The Balaban J connectivity index is 1.79. The van der Waals surface area contributed by atoms with Crippen molar-refractivity contribution in [2.75, 3.05) is 25.5 Å². The van der Waals surface area contributed by atoms with Crippen molar-refractivity contribution in [1.82, 2.24) is 19.9 Å². The van der Waals surface area contributed by atoms with Gasteiger partial charge in [0, 0.05) is 18.3 Å². The number of likely N-dealkylation sites (N-methyl/N-ethyl adjacent to an activating group) is 1. The quantitative estimate of drug-likeness (QED) is 0.887. The summed E-state index contributed by atoms with van der Waals surface area (Å²) in [5.74, 6) is 0.916. The van der Waals surface area contributed by atoms with Crippen molar-refractivity contribution in [3.63, 3.8) is 0 Å². The second kappa shape index (κ2) is 6.02. The monoisotopic (exact) mass is 287 g/mol. The molecule has 0 atom stereocenters. The molecule has 5 nitrogen and oxygen atoms in total. The predicted octanol–water partition coefficient (Wildman–Crippen LogP) is 3.02. The van der Waals surface area contributed by atoms with Crippen molar-refractivity contribution in [2.24, 2.45) is 0 Å². The first-order valence-electron chi connectivity index (χ1n) is 7.98. The highest BCUT2D eigenvalue weighted by atomic mass is 15.2. The van der Waals surface area contributed by atoms with E-state index in [0.29, 0.717) is 0 Å². The highest BCUT2D eigenvalue weighted by Gasteiger charge is 2.35. The number of aromatic nitrogens is 3. The fourth-order valence-corrected chi connectivity index (χ4v) is 3.49. The van der Waals surface area contributed by atoms with Gasteiger partial charge >= 0.3 is 0 Å². The molecule has 0 unspecified atom stereocenters. The van der Waals surface area contributed by atoms with E-state index in [0.717, 1.165) is 29.9 Å². The predicted molar refractivity (Wildman–Crippen MR) is 86.5 cm³/mol. The van der Waals surface area contributed by atoms with E-state index in [-0.39, 0.29) is 5.54 Å².